The molecular weight excluding hydrogens is 352 g/mol. The van der Waals surface area contributed by atoms with E-state index in [1.165, 1.54) is 16.7 Å². The minimum absolute atomic E-state index is 0.113. The maximum Gasteiger partial charge on any atom is 0.339 e. The van der Waals surface area contributed by atoms with Gasteiger partial charge in [0.15, 0.2) is 0 Å². The van der Waals surface area contributed by atoms with E-state index in [0.29, 0.717) is 17.0 Å². The van der Waals surface area contributed by atoms with Gasteiger partial charge in [-0.2, -0.15) is 0 Å². The van der Waals surface area contributed by atoms with Crippen molar-refractivity contribution in [2.24, 2.45) is 0 Å². The normalized spacial score (nSPS) is 14.0. The van der Waals surface area contributed by atoms with Gasteiger partial charge in [-0.05, 0) is 18.2 Å². The number of amides is 2. The van der Waals surface area contributed by atoms with Gasteiger partial charge in [-0.25, -0.2) is 4.79 Å². The molecule has 0 fully saturated rings. The molecule has 1 heterocycles. The molecule has 0 aliphatic carbocycles. The van der Waals surface area contributed by atoms with Gasteiger partial charge in [0.1, 0.15) is 0 Å². The fraction of sp³-hybridized carbons (Fsp3) is 0.211. The van der Waals surface area contributed by atoms with Gasteiger partial charge >= 0.3 is 5.97 Å². The molecule has 0 saturated heterocycles. The second-order valence-electron chi connectivity index (χ2n) is 5.98. The topological polar surface area (TPSA) is 75.7 Å². The molecule has 0 radical (unpaired) electrons. The van der Waals surface area contributed by atoms with Gasteiger partial charge < -0.3 is 15.0 Å². The Kier molecular flexibility index (Phi) is 5.27. The maximum absolute atomic E-state index is 12.6. The molecular formula is C19H18N2O4S. The number of thioether (sulfide) groups is 1. The lowest BCUT2D eigenvalue weighted by molar-refractivity contribution is -0.138. The van der Waals surface area contributed by atoms with E-state index >= 15 is 0 Å². The molecule has 1 aliphatic rings. The number of likely N-dealkylation sites (N-methyl/N-ethyl adjacent to an activating group) is 1. The lowest BCUT2D eigenvalue weighted by Crippen LogP contribution is -2.31. The second-order valence-corrected chi connectivity index (χ2v) is 6.99. The quantitative estimate of drug-likeness (QED) is 0.838. The molecule has 2 amide bonds. The molecule has 1 atom stereocenters. The highest BCUT2D eigenvalue weighted by Gasteiger charge is 2.27. The lowest BCUT2D eigenvalue weighted by Gasteiger charge is -2.22. The van der Waals surface area contributed by atoms with Crippen molar-refractivity contribution in [3.63, 3.8) is 0 Å². The van der Waals surface area contributed by atoms with Gasteiger partial charge in [0, 0.05) is 24.6 Å². The molecule has 0 saturated carbocycles. The number of benzene rings is 2. The SMILES string of the molecule is CN(C)C(=O)[C@H](OC(=O)c1ccc2c(c1)NC(=O)CS2)c1ccccc1. The van der Waals surface area contributed by atoms with Crippen LogP contribution in [-0.2, 0) is 14.3 Å². The Morgan fingerprint density at radius 3 is 2.58 bits per heavy atom. The first kappa shape index (κ1) is 18.0. The van der Waals surface area contributed by atoms with Crippen LogP contribution >= 0.6 is 11.8 Å². The van der Waals surface area contributed by atoms with Gasteiger partial charge in [-0.1, -0.05) is 30.3 Å². The zero-order valence-electron chi connectivity index (χ0n) is 14.4. The average Bonchev–Trinajstić information content (AvgIpc) is 2.65. The number of nitrogens with zero attached hydrogens (tertiary/aromatic N) is 1. The Morgan fingerprint density at radius 1 is 1.15 bits per heavy atom. The van der Waals surface area contributed by atoms with Crippen molar-refractivity contribution in [2.75, 3.05) is 25.2 Å². The average molecular weight is 370 g/mol. The van der Waals surface area contributed by atoms with Crippen molar-refractivity contribution < 1.29 is 19.1 Å². The Morgan fingerprint density at radius 2 is 1.88 bits per heavy atom. The van der Waals surface area contributed by atoms with Crippen molar-refractivity contribution in [1.29, 1.82) is 0 Å². The van der Waals surface area contributed by atoms with Crippen LogP contribution < -0.4 is 5.32 Å². The Labute approximate surface area is 155 Å². The molecule has 2 aromatic carbocycles. The Bertz CT molecular complexity index is 852. The van der Waals surface area contributed by atoms with Crippen LogP contribution in [0.4, 0.5) is 5.69 Å². The predicted octanol–water partition coefficient (Wildman–Crippen LogP) is 2.72. The Hall–Kier alpha value is -2.80. The highest BCUT2D eigenvalue weighted by Crippen LogP contribution is 2.32. The van der Waals surface area contributed by atoms with Crippen LogP contribution in [0.5, 0.6) is 0 Å². The first-order valence-corrected chi connectivity index (χ1v) is 8.98. The Balaban J connectivity index is 1.85. The molecule has 2 aromatic rings. The molecule has 6 nitrogen and oxygen atoms in total. The fourth-order valence-corrected chi connectivity index (χ4v) is 3.30. The van der Waals surface area contributed by atoms with Crippen molar-refractivity contribution in [3.05, 3.63) is 59.7 Å². The summed E-state index contributed by atoms with van der Waals surface area (Å²) in [6.45, 7) is 0. The third-order valence-corrected chi connectivity index (χ3v) is 4.91. The summed E-state index contributed by atoms with van der Waals surface area (Å²) in [5.74, 6) is -0.712. The van der Waals surface area contributed by atoms with Crippen LogP contribution in [0.15, 0.2) is 53.4 Å². The molecule has 1 N–H and O–H groups in total. The number of hydrogen-bond acceptors (Lipinski definition) is 5. The molecule has 26 heavy (non-hydrogen) atoms. The van der Waals surface area contributed by atoms with E-state index < -0.39 is 12.1 Å². The molecule has 1 aliphatic heterocycles. The van der Waals surface area contributed by atoms with E-state index in [9.17, 15) is 14.4 Å². The van der Waals surface area contributed by atoms with Crippen LogP contribution in [0, 0.1) is 0 Å². The van der Waals surface area contributed by atoms with E-state index in [4.69, 9.17) is 4.74 Å². The maximum atomic E-state index is 12.6. The van der Waals surface area contributed by atoms with Gasteiger partial charge in [0.05, 0.1) is 17.0 Å². The van der Waals surface area contributed by atoms with Gasteiger partial charge in [-0.3, -0.25) is 9.59 Å². The summed E-state index contributed by atoms with van der Waals surface area (Å²) in [7, 11) is 3.22. The number of rotatable bonds is 4. The van der Waals surface area contributed by atoms with E-state index in [1.54, 1.807) is 56.6 Å². The smallest absolute Gasteiger partial charge is 0.339 e. The van der Waals surface area contributed by atoms with Gasteiger partial charge in [0.2, 0.25) is 12.0 Å². The van der Waals surface area contributed by atoms with Crippen molar-refractivity contribution in [2.45, 2.75) is 11.0 Å². The van der Waals surface area contributed by atoms with E-state index in [-0.39, 0.29) is 17.4 Å². The molecule has 0 spiro atoms. The lowest BCUT2D eigenvalue weighted by atomic mass is 10.1. The number of esters is 1. The standard InChI is InChI=1S/C19H18N2O4S/c1-21(2)18(23)17(12-6-4-3-5-7-12)25-19(24)13-8-9-15-14(10-13)20-16(22)11-26-15/h3-10,17H,11H2,1-2H3,(H,20,22)/t17-/m1/s1. The second kappa shape index (κ2) is 7.61. The third kappa shape index (κ3) is 3.88. The molecule has 0 unspecified atom stereocenters. The highest BCUT2D eigenvalue weighted by atomic mass is 32.2. The summed E-state index contributed by atoms with van der Waals surface area (Å²) >= 11 is 1.41. The van der Waals surface area contributed by atoms with Crippen molar-refractivity contribution in [3.8, 4) is 0 Å². The number of ether oxygens (including phenoxy) is 1. The third-order valence-electron chi connectivity index (χ3n) is 3.84. The first-order valence-electron chi connectivity index (χ1n) is 7.99. The summed E-state index contributed by atoms with van der Waals surface area (Å²) in [5.41, 5.74) is 1.45. The molecule has 134 valence electrons. The van der Waals surface area contributed by atoms with E-state index in [2.05, 4.69) is 5.32 Å². The summed E-state index contributed by atoms with van der Waals surface area (Å²) in [4.78, 5) is 38.9. The number of carbonyl (C=O) groups excluding carboxylic acids is 3. The summed E-state index contributed by atoms with van der Waals surface area (Å²) in [6.07, 6.45) is -1.03. The zero-order valence-corrected chi connectivity index (χ0v) is 15.2. The highest BCUT2D eigenvalue weighted by molar-refractivity contribution is 8.00. The first-order chi connectivity index (χ1) is 12.5. The van der Waals surface area contributed by atoms with Crippen molar-refractivity contribution >= 4 is 35.2 Å². The van der Waals surface area contributed by atoms with E-state index in [0.717, 1.165) is 4.90 Å². The minimum atomic E-state index is -1.03. The van der Waals surface area contributed by atoms with Gasteiger partial charge in [0.25, 0.3) is 5.91 Å². The number of anilines is 1. The van der Waals surface area contributed by atoms with Gasteiger partial charge in [-0.15, -0.1) is 11.8 Å². The zero-order chi connectivity index (χ0) is 18.7. The summed E-state index contributed by atoms with van der Waals surface area (Å²) < 4.78 is 5.51. The molecule has 0 bridgehead atoms. The van der Waals surface area contributed by atoms with Crippen LogP contribution in [0.1, 0.15) is 22.0 Å². The van der Waals surface area contributed by atoms with Crippen LogP contribution in [0.3, 0.4) is 0 Å². The fourth-order valence-electron chi connectivity index (χ4n) is 2.51. The summed E-state index contributed by atoms with van der Waals surface area (Å²) in [5, 5.41) is 2.74. The van der Waals surface area contributed by atoms with Crippen LogP contribution in [-0.4, -0.2) is 42.5 Å². The minimum Gasteiger partial charge on any atom is -0.444 e. The van der Waals surface area contributed by atoms with Crippen molar-refractivity contribution in [1.82, 2.24) is 4.90 Å². The number of nitrogens with one attached hydrogen (secondary N) is 1. The largest absolute Gasteiger partial charge is 0.444 e. The monoisotopic (exact) mass is 370 g/mol. The predicted molar refractivity (Wildman–Crippen MR) is 99.1 cm³/mol. The molecule has 3 rings (SSSR count). The van der Waals surface area contributed by atoms with Crippen LogP contribution in [0.2, 0.25) is 0 Å². The number of carbonyl (C=O) groups is 3. The van der Waals surface area contributed by atoms with Crippen LogP contribution in [0.25, 0.3) is 0 Å². The molecule has 0 aromatic heterocycles. The summed E-state index contributed by atoms with van der Waals surface area (Å²) in [6, 6.07) is 13.8. The number of hydrogen-bond donors (Lipinski definition) is 1. The molecule has 7 heteroatoms. The number of fused-ring (bicyclic) bond motifs is 1. The van der Waals surface area contributed by atoms with E-state index in [1.807, 2.05) is 6.07 Å².